The van der Waals surface area contributed by atoms with Crippen LogP contribution in [-0.2, 0) is 19.4 Å². The molecule has 2 heterocycles. The number of fused-ring (bicyclic) bond motifs is 3. The molecule has 0 radical (unpaired) electrons. The van der Waals surface area contributed by atoms with Crippen LogP contribution in [-0.4, -0.2) is 21.5 Å². The fourth-order valence-corrected chi connectivity index (χ4v) is 2.18. The van der Waals surface area contributed by atoms with Gasteiger partial charge in [-0.3, -0.25) is 4.68 Å². The summed E-state index contributed by atoms with van der Waals surface area (Å²) in [6, 6.07) is 1.98. The second-order valence-corrected chi connectivity index (χ2v) is 3.72. The number of aliphatic hydroxyl groups excluding tert-OH is 1. The van der Waals surface area contributed by atoms with Crippen molar-refractivity contribution in [3.05, 3.63) is 29.9 Å². The maximum Gasteiger partial charge on any atom is 0.113 e. The molecule has 0 fully saturated rings. The monoisotopic (exact) mass is 204 g/mol. The minimum Gasteiger partial charge on any atom is -0.469 e. The van der Waals surface area contributed by atoms with Gasteiger partial charge in [0.05, 0.1) is 31.3 Å². The van der Waals surface area contributed by atoms with Crippen molar-refractivity contribution < 1.29 is 9.52 Å². The molecular formula is C11H12N2O2. The fraction of sp³-hybridized carbons (Fsp3) is 0.364. The van der Waals surface area contributed by atoms with Crippen molar-refractivity contribution in [1.82, 2.24) is 9.78 Å². The third-order valence-electron chi connectivity index (χ3n) is 2.85. The topological polar surface area (TPSA) is 51.2 Å². The van der Waals surface area contributed by atoms with E-state index in [1.807, 2.05) is 16.9 Å². The quantitative estimate of drug-likeness (QED) is 0.800. The van der Waals surface area contributed by atoms with Crippen molar-refractivity contribution in [3.63, 3.8) is 0 Å². The van der Waals surface area contributed by atoms with E-state index in [0.717, 1.165) is 29.9 Å². The van der Waals surface area contributed by atoms with E-state index in [9.17, 15) is 0 Å². The van der Waals surface area contributed by atoms with Crippen LogP contribution in [0.5, 0.6) is 0 Å². The van der Waals surface area contributed by atoms with E-state index in [2.05, 4.69) is 5.10 Å². The lowest BCUT2D eigenvalue weighted by molar-refractivity contribution is 0.270. The third kappa shape index (κ3) is 1.22. The number of rotatable bonds is 2. The maximum absolute atomic E-state index is 8.95. The first kappa shape index (κ1) is 8.73. The van der Waals surface area contributed by atoms with Gasteiger partial charge in [0, 0.05) is 12.0 Å². The molecule has 1 aliphatic rings. The maximum atomic E-state index is 8.95. The molecule has 2 aromatic rings. The molecule has 0 spiro atoms. The number of hydrogen-bond donors (Lipinski definition) is 1. The molecule has 78 valence electrons. The Morgan fingerprint density at radius 2 is 2.40 bits per heavy atom. The summed E-state index contributed by atoms with van der Waals surface area (Å²) in [5, 5.41) is 13.2. The fourth-order valence-electron chi connectivity index (χ4n) is 2.18. The van der Waals surface area contributed by atoms with E-state index in [0.29, 0.717) is 6.54 Å². The molecule has 0 saturated heterocycles. The van der Waals surface area contributed by atoms with Crippen molar-refractivity contribution in [2.75, 3.05) is 6.61 Å². The number of aromatic nitrogens is 2. The molecule has 1 aliphatic carbocycles. The van der Waals surface area contributed by atoms with Crippen molar-refractivity contribution in [3.8, 4) is 11.3 Å². The molecule has 0 aromatic carbocycles. The lowest BCUT2D eigenvalue weighted by Crippen LogP contribution is -2.09. The van der Waals surface area contributed by atoms with Gasteiger partial charge in [0.1, 0.15) is 5.76 Å². The van der Waals surface area contributed by atoms with Gasteiger partial charge in [0.2, 0.25) is 0 Å². The average Bonchev–Trinajstić information content (AvgIpc) is 2.83. The molecule has 4 nitrogen and oxygen atoms in total. The molecule has 0 unspecified atom stereocenters. The Morgan fingerprint density at radius 3 is 3.27 bits per heavy atom. The van der Waals surface area contributed by atoms with Crippen molar-refractivity contribution in [2.45, 2.75) is 19.4 Å². The van der Waals surface area contributed by atoms with Gasteiger partial charge in [-0.1, -0.05) is 0 Å². The van der Waals surface area contributed by atoms with E-state index in [1.165, 1.54) is 5.56 Å². The summed E-state index contributed by atoms with van der Waals surface area (Å²) in [6.07, 6.45) is 5.53. The molecule has 1 N–H and O–H groups in total. The standard InChI is InChI=1S/C11H12N2O2/c14-5-4-13-11-8(7-12-13)1-2-10-9(11)3-6-15-10/h3,6-7,14H,1-2,4-5H2. The normalized spacial score (nSPS) is 13.7. The number of aryl methyl sites for hydroxylation is 2. The summed E-state index contributed by atoms with van der Waals surface area (Å²) < 4.78 is 7.26. The number of hydrogen-bond acceptors (Lipinski definition) is 3. The highest BCUT2D eigenvalue weighted by Crippen LogP contribution is 2.33. The zero-order valence-electron chi connectivity index (χ0n) is 8.31. The predicted octanol–water partition coefficient (Wildman–Crippen LogP) is 1.23. The first-order chi connectivity index (χ1) is 7.40. The summed E-state index contributed by atoms with van der Waals surface area (Å²) in [6.45, 7) is 0.654. The minimum absolute atomic E-state index is 0.112. The van der Waals surface area contributed by atoms with Crippen LogP contribution in [0.25, 0.3) is 11.3 Å². The zero-order chi connectivity index (χ0) is 10.3. The Balaban J connectivity index is 2.16. The second kappa shape index (κ2) is 3.24. The summed E-state index contributed by atoms with van der Waals surface area (Å²) in [4.78, 5) is 0. The van der Waals surface area contributed by atoms with Crippen LogP contribution in [0.1, 0.15) is 11.3 Å². The summed E-state index contributed by atoms with van der Waals surface area (Å²) >= 11 is 0. The smallest absolute Gasteiger partial charge is 0.113 e. The second-order valence-electron chi connectivity index (χ2n) is 3.72. The molecule has 0 atom stereocenters. The van der Waals surface area contributed by atoms with E-state index < -0.39 is 0 Å². The molecule has 0 saturated carbocycles. The van der Waals surface area contributed by atoms with Crippen LogP contribution >= 0.6 is 0 Å². The van der Waals surface area contributed by atoms with Crippen LogP contribution < -0.4 is 0 Å². The first-order valence-electron chi connectivity index (χ1n) is 5.12. The van der Waals surface area contributed by atoms with Crippen molar-refractivity contribution in [1.29, 1.82) is 0 Å². The molecule has 4 heteroatoms. The van der Waals surface area contributed by atoms with Crippen LogP contribution in [0.15, 0.2) is 22.9 Å². The number of aliphatic hydroxyl groups is 1. The lowest BCUT2D eigenvalue weighted by Gasteiger charge is -2.13. The van der Waals surface area contributed by atoms with Gasteiger partial charge < -0.3 is 9.52 Å². The molecular weight excluding hydrogens is 192 g/mol. The summed E-state index contributed by atoms with van der Waals surface area (Å²) in [5.74, 6) is 1.03. The van der Waals surface area contributed by atoms with E-state index in [4.69, 9.17) is 9.52 Å². The van der Waals surface area contributed by atoms with Gasteiger partial charge in [-0.05, 0) is 18.1 Å². The van der Waals surface area contributed by atoms with E-state index in [1.54, 1.807) is 6.26 Å². The summed E-state index contributed by atoms with van der Waals surface area (Å²) in [7, 11) is 0. The van der Waals surface area contributed by atoms with Gasteiger partial charge in [0.25, 0.3) is 0 Å². The van der Waals surface area contributed by atoms with Gasteiger partial charge in [-0.2, -0.15) is 5.10 Å². The largest absolute Gasteiger partial charge is 0.469 e. The molecule has 15 heavy (non-hydrogen) atoms. The predicted molar refractivity (Wildman–Crippen MR) is 54.4 cm³/mol. The zero-order valence-corrected chi connectivity index (χ0v) is 8.31. The Bertz CT molecular complexity index is 484. The third-order valence-corrected chi connectivity index (χ3v) is 2.85. The molecule has 3 rings (SSSR count). The Kier molecular flexibility index (Phi) is 1.89. The van der Waals surface area contributed by atoms with Crippen LogP contribution in [0.2, 0.25) is 0 Å². The highest BCUT2D eigenvalue weighted by Gasteiger charge is 2.22. The number of furan rings is 1. The highest BCUT2D eigenvalue weighted by molar-refractivity contribution is 5.67. The lowest BCUT2D eigenvalue weighted by atomic mass is 9.96. The molecule has 0 aliphatic heterocycles. The van der Waals surface area contributed by atoms with Gasteiger partial charge in [-0.25, -0.2) is 0 Å². The highest BCUT2D eigenvalue weighted by atomic mass is 16.3. The minimum atomic E-state index is 0.112. The molecule has 2 aromatic heterocycles. The first-order valence-corrected chi connectivity index (χ1v) is 5.12. The Labute approximate surface area is 87.1 Å². The van der Waals surface area contributed by atoms with Gasteiger partial charge in [-0.15, -0.1) is 0 Å². The molecule has 0 bridgehead atoms. The summed E-state index contributed by atoms with van der Waals surface area (Å²) in [5.41, 5.74) is 3.48. The van der Waals surface area contributed by atoms with Crippen molar-refractivity contribution >= 4 is 0 Å². The van der Waals surface area contributed by atoms with Crippen LogP contribution in [0.4, 0.5) is 0 Å². The van der Waals surface area contributed by atoms with E-state index >= 15 is 0 Å². The van der Waals surface area contributed by atoms with Crippen molar-refractivity contribution in [2.24, 2.45) is 0 Å². The van der Waals surface area contributed by atoms with Gasteiger partial charge in [0.15, 0.2) is 0 Å². The van der Waals surface area contributed by atoms with Crippen LogP contribution in [0.3, 0.4) is 0 Å². The van der Waals surface area contributed by atoms with Crippen LogP contribution in [0, 0.1) is 0 Å². The number of nitrogens with zero attached hydrogens (tertiary/aromatic N) is 2. The van der Waals surface area contributed by atoms with Gasteiger partial charge >= 0.3 is 0 Å². The van der Waals surface area contributed by atoms with E-state index in [-0.39, 0.29) is 6.61 Å². The molecule has 0 amide bonds. The average molecular weight is 204 g/mol. The Morgan fingerprint density at radius 1 is 1.47 bits per heavy atom. The SMILES string of the molecule is OCCn1ncc2c1-c1ccoc1CC2. The Hall–Kier alpha value is -1.55.